The highest BCUT2D eigenvalue weighted by atomic mass is 79.9. The zero-order valence-corrected chi connectivity index (χ0v) is 12.1. The van der Waals surface area contributed by atoms with Crippen LogP contribution in [0.5, 0.6) is 0 Å². The van der Waals surface area contributed by atoms with Crippen LogP contribution in [0.3, 0.4) is 0 Å². The normalized spacial score (nSPS) is 15.7. The van der Waals surface area contributed by atoms with Crippen LogP contribution in [0.25, 0.3) is 0 Å². The Kier molecular flexibility index (Phi) is 4.20. The number of aliphatic hydroxyl groups excluding tert-OH is 1. The van der Waals surface area contributed by atoms with Gasteiger partial charge in [-0.05, 0) is 15.9 Å². The number of carbonyl (C=O) groups excluding carboxylic acids is 1. The van der Waals surface area contributed by atoms with Crippen LogP contribution in [0, 0.1) is 0 Å². The monoisotopic (exact) mass is 330 g/mol. The Hall–Kier alpha value is -1.41. The molecule has 1 saturated heterocycles. The van der Waals surface area contributed by atoms with Gasteiger partial charge in [0.15, 0.2) is 0 Å². The number of aromatic nitrogens is 2. The van der Waals surface area contributed by atoms with Crippen LogP contribution in [-0.4, -0.2) is 58.5 Å². The molecule has 2 heterocycles. The number of nitrogens with zero attached hydrogens (tertiary/aromatic N) is 4. The second kappa shape index (κ2) is 5.70. The SMILES string of the molecule is Cn1ncc(N2CCN(C(=O)CO)CC2)c(Br)c1=O. The maximum Gasteiger partial charge on any atom is 0.282 e. The third kappa shape index (κ3) is 2.79. The summed E-state index contributed by atoms with van der Waals surface area (Å²) in [6, 6.07) is 0. The van der Waals surface area contributed by atoms with Crippen molar-refractivity contribution in [1.29, 1.82) is 0 Å². The first-order valence-corrected chi connectivity index (χ1v) is 6.69. The van der Waals surface area contributed by atoms with E-state index >= 15 is 0 Å². The van der Waals surface area contributed by atoms with E-state index in [9.17, 15) is 9.59 Å². The smallest absolute Gasteiger partial charge is 0.282 e. The molecule has 8 heteroatoms. The molecule has 1 aromatic rings. The molecule has 104 valence electrons. The molecule has 2 rings (SSSR count). The van der Waals surface area contributed by atoms with Gasteiger partial charge in [-0.1, -0.05) is 0 Å². The van der Waals surface area contributed by atoms with Crippen molar-refractivity contribution in [3.63, 3.8) is 0 Å². The zero-order chi connectivity index (χ0) is 14.0. The summed E-state index contributed by atoms with van der Waals surface area (Å²) < 4.78 is 1.74. The average molecular weight is 331 g/mol. The topological polar surface area (TPSA) is 78.7 Å². The van der Waals surface area contributed by atoms with E-state index in [1.54, 1.807) is 18.1 Å². The largest absolute Gasteiger partial charge is 0.387 e. The predicted molar refractivity (Wildman–Crippen MR) is 73.1 cm³/mol. The van der Waals surface area contributed by atoms with Gasteiger partial charge >= 0.3 is 0 Å². The van der Waals surface area contributed by atoms with Gasteiger partial charge in [0.25, 0.3) is 5.56 Å². The predicted octanol–water partition coefficient (Wildman–Crippen LogP) is -0.816. The van der Waals surface area contributed by atoms with Crippen molar-refractivity contribution in [1.82, 2.24) is 14.7 Å². The number of rotatable bonds is 2. The number of amides is 1. The number of carbonyl (C=O) groups is 1. The van der Waals surface area contributed by atoms with Crippen LogP contribution in [-0.2, 0) is 11.8 Å². The van der Waals surface area contributed by atoms with Crippen molar-refractivity contribution in [2.45, 2.75) is 0 Å². The summed E-state index contributed by atoms with van der Waals surface area (Å²) in [5, 5.41) is 12.8. The lowest BCUT2D eigenvalue weighted by molar-refractivity contribution is -0.134. The van der Waals surface area contributed by atoms with Crippen molar-refractivity contribution in [3.05, 3.63) is 21.0 Å². The van der Waals surface area contributed by atoms with Crippen LogP contribution >= 0.6 is 15.9 Å². The molecule has 1 N–H and O–H groups in total. The Labute approximate surface area is 118 Å². The van der Waals surface area contributed by atoms with Gasteiger partial charge in [0.1, 0.15) is 11.1 Å². The Morgan fingerprint density at radius 3 is 2.63 bits per heavy atom. The number of piperazine rings is 1. The zero-order valence-electron chi connectivity index (χ0n) is 10.5. The van der Waals surface area contributed by atoms with Gasteiger partial charge in [0.05, 0.1) is 11.9 Å². The maximum absolute atomic E-state index is 11.8. The third-order valence-corrected chi connectivity index (χ3v) is 3.91. The van der Waals surface area contributed by atoms with E-state index in [2.05, 4.69) is 21.0 Å². The summed E-state index contributed by atoms with van der Waals surface area (Å²) in [4.78, 5) is 26.7. The van der Waals surface area contributed by atoms with Gasteiger partial charge in [-0.3, -0.25) is 9.59 Å². The molecule has 0 bridgehead atoms. The van der Waals surface area contributed by atoms with Crippen molar-refractivity contribution < 1.29 is 9.90 Å². The molecule has 0 atom stereocenters. The molecule has 19 heavy (non-hydrogen) atoms. The van der Waals surface area contributed by atoms with E-state index in [1.807, 2.05) is 4.90 Å². The van der Waals surface area contributed by atoms with E-state index in [1.165, 1.54) is 4.68 Å². The molecule has 1 amide bonds. The molecule has 1 aromatic heterocycles. The second-order valence-corrected chi connectivity index (χ2v) is 5.09. The summed E-state index contributed by atoms with van der Waals surface area (Å²) in [6.07, 6.45) is 1.63. The minimum Gasteiger partial charge on any atom is -0.387 e. The molecule has 0 spiro atoms. The highest BCUT2D eigenvalue weighted by molar-refractivity contribution is 9.10. The van der Waals surface area contributed by atoms with Crippen molar-refractivity contribution in [3.8, 4) is 0 Å². The highest BCUT2D eigenvalue weighted by Crippen LogP contribution is 2.22. The van der Waals surface area contributed by atoms with E-state index < -0.39 is 6.61 Å². The van der Waals surface area contributed by atoms with E-state index in [4.69, 9.17) is 5.11 Å². The van der Waals surface area contributed by atoms with Crippen molar-refractivity contribution >= 4 is 27.5 Å². The van der Waals surface area contributed by atoms with Gasteiger partial charge in [-0.25, -0.2) is 4.68 Å². The Bertz CT molecular complexity index is 537. The molecule has 0 unspecified atom stereocenters. The number of aryl methyl sites for hydroxylation is 1. The number of anilines is 1. The number of hydrogen-bond donors (Lipinski definition) is 1. The van der Waals surface area contributed by atoms with Gasteiger partial charge in [-0.15, -0.1) is 0 Å². The maximum atomic E-state index is 11.8. The standard InChI is InChI=1S/C11H15BrN4O3/c1-14-11(19)10(12)8(6-13-14)15-2-4-16(5-3-15)9(18)7-17/h6,17H,2-5,7H2,1H3. The average Bonchev–Trinajstić information content (AvgIpc) is 2.44. The van der Waals surface area contributed by atoms with Gasteiger partial charge in [-0.2, -0.15) is 5.10 Å². The van der Waals surface area contributed by atoms with E-state index in [-0.39, 0.29) is 11.5 Å². The van der Waals surface area contributed by atoms with E-state index in [0.29, 0.717) is 30.7 Å². The van der Waals surface area contributed by atoms with Crippen LogP contribution in [0.15, 0.2) is 15.5 Å². The lowest BCUT2D eigenvalue weighted by Gasteiger charge is -2.35. The number of halogens is 1. The fraction of sp³-hybridized carbons (Fsp3) is 0.545. The highest BCUT2D eigenvalue weighted by Gasteiger charge is 2.22. The van der Waals surface area contributed by atoms with Crippen molar-refractivity contribution in [2.75, 3.05) is 37.7 Å². The van der Waals surface area contributed by atoms with E-state index in [0.717, 1.165) is 5.69 Å². The van der Waals surface area contributed by atoms with Crippen LogP contribution in [0.1, 0.15) is 0 Å². The first kappa shape index (κ1) is 14.0. The molecule has 0 aromatic carbocycles. The summed E-state index contributed by atoms with van der Waals surface area (Å²) in [7, 11) is 1.59. The molecule has 0 saturated carbocycles. The first-order valence-electron chi connectivity index (χ1n) is 5.90. The Balaban J connectivity index is 2.12. The molecule has 0 radical (unpaired) electrons. The molecule has 1 fully saturated rings. The van der Waals surface area contributed by atoms with Crippen LogP contribution < -0.4 is 10.5 Å². The van der Waals surface area contributed by atoms with Gasteiger partial charge in [0.2, 0.25) is 5.91 Å². The Morgan fingerprint density at radius 2 is 2.05 bits per heavy atom. The Morgan fingerprint density at radius 1 is 1.42 bits per heavy atom. The summed E-state index contributed by atoms with van der Waals surface area (Å²) in [6.45, 7) is 1.82. The molecule has 1 aliphatic heterocycles. The molecule has 7 nitrogen and oxygen atoms in total. The van der Waals surface area contributed by atoms with Crippen molar-refractivity contribution in [2.24, 2.45) is 7.05 Å². The number of aliphatic hydroxyl groups is 1. The number of hydrogen-bond acceptors (Lipinski definition) is 5. The fourth-order valence-corrected chi connectivity index (χ4v) is 2.63. The molecular formula is C11H15BrN4O3. The second-order valence-electron chi connectivity index (χ2n) is 4.30. The minimum atomic E-state index is -0.461. The fourth-order valence-electron chi connectivity index (χ4n) is 2.02. The lowest BCUT2D eigenvalue weighted by Crippen LogP contribution is -2.50. The summed E-state index contributed by atoms with van der Waals surface area (Å²) in [5.74, 6) is -0.263. The first-order chi connectivity index (χ1) is 9.04. The van der Waals surface area contributed by atoms with Crippen LogP contribution in [0.2, 0.25) is 0 Å². The lowest BCUT2D eigenvalue weighted by atomic mass is 10.3. The summed E-state index contributed by atoms with van der Waals surface area (Å²) >= 11 is 3.29. The quantitative estimate of drug-likeness (QED) is 0.766. The third-order valence-electron chi connectivity index (χ3n) is 3.17. The molecular weight excluding hydrogens is 316 g/mol. The summed E-state index contributed by atoms with van der Waals surface area (Å²) in [5.41, 5.74) is 0.547. The molecule has 0 aliphatic carbocycles. The van der Waals surface area contributed by atoms with Gasteiger partial charge in [0, 0.05) is 33.2 Å². The molecule has 1 aliphatic rings. The van der Waals surface area contributed by atoms with Crippen LogP contribution in [0.4, 0.5) is 5.69 Å². The minimum absolute atomic E-state index is 0.189. The van der Waals surface area contributed by atoms with Gasteiger partial charge < -0.3 is 14.9 Å².